The Bertz CT molecular complexity index is 1250. The molecule has 1 aliphatic rings. The fourth-order valence-corrected chi connectivity index (χ4v) is 3.88. The Morgan fingerprint density at radius 3 is 2.90 bits per heavy atom. The number of H-pyrrole nitrogens is 1. The Hall–Kier alpha value is -3.82. The SMILES string of the molecule is CC(C)NC(=O)c1cnc(N2CCc3[nH]cnc3[C@H]2c2cc3c(F)cccn3n2)cn1. The Kier molecular flexibility index (Phi) is 4.61. The molecule has 0 aromatic carbocycles. The minimum atomic E-state index is -0.362. The highest BCUT2D eigenvalue weighted by Crippen LogP contribution is 2.35. The van der Waals surface area contributed by atoms with Gasteiger partial charge in [-0.3, -0.25) is 4.79 Å². The maximum absolute atomic E-state index is 14.3. The average molecular weight is 420 g/mol. The van der Waals surface area contributed by atoms with Gasteiger partial charge in [-0.2, -0.15) is 5.10 Å². The third-order valence-corrected chi connectivity index (χ3v) is 5.26. The second-order valence-electron chi connectivity index (χ2n) is 7.76. The van der Waals surface area contributed by atoms with Crippen LogP contribution in [0.5, 0.6) is 0 Å². The molecule has 0 aliphatic carbocycles. The molecule has 0 spiro atoms. The predicted octanol–water partition coefficient (Wildman–Crippen LogP) is 2.28. The number of anilines is 1. The van der Waals surface area contributed by atoms with E-state index in [9.17, 15) is 9.18 Å². The number of amides is 1. The highest BCUT2D eigenvalue weighted by atomic mass is 19.1. The number of aromatic amines is 1. The number of pyridine rings is 1. The number of hydrogen-bond acceptors (Lipinski definition) is 6. The Morgan fingerprint density at radius 2 is 2.16 bits per heavy atom. The molecule has 4 aromatic rings. The van der Waals surface area contributed by atoms with Crippen LogP contribution in [0.25, 0.3) is 5.52 Å². The first-order chi connectivity index (χ1) is 15.0. The van der Waals surface area contributed by atoms with Crippen molar-refractivity contribution in [3.63, 3.8) is 0 Å². The Labute approximate surface area is 177 Å². The number of halogens is 1. The van der Waals surface area contributed by atoms with Crippen LogP contribution < -0.4 is 10.2 Å². The third kappa shape index (κ3) is 3.39. The molecule has 0 saturated carbocycles. The van der Waals surface area contributed by atoms with Crippen molar-refractivity contribution in [3.05, 3.63) is 71.7 Å². The number of aromatic nitrogens is 6. The van der Waals surface area contributed by atoms with E-state index in [2.05, 4.69) is 30.4 Å². The van der Waals surface area contributed by atoms with Crippen LogP contribution >= 0.6 is 0 Å². The molecule has 0 fully saturated rings. The lowest BCUT2D eigenvalue weighted by Crippen LogP contribution is -2.37. The van der Waals surface area contributed by atoms with Crippen molar-refractivity contribution < 1.29 is 9.18 Å². The topological polar surface area (TPSA) is 104 Å². The van der Waals surface area contributed by atoms with Crippen LogP contribution in [0.4, 0.5) is 10.2 Å². The minimum Gasteiger partial charge on any atom is -0.348 e. The number of carbonyl (C=O) groups excluding carboxylic acids is 1. The van der Waals surface area contributed by atoms with Gasteiger partial charge >= 0.3 is 0 Å². The molecule has 1 atom stereocenters. The smallest absolute Gasteiger partial charge is 0.271 e. The van der Waals surface area contributed by atoms with Gasteiger partial charge in [0.05, 0.1) is 30.1 Å². The molecule has 5 rings (SSSR count). The fraction of sp³-hybridized carbons (Fsp3) is 0.286. The van der Waals surface area contributed by atoms with Crippen molar-refractivity contribution in [3.8, 4) is 0 Å². The summed E-state index contributed by atoms with van der Waals surface area (Å²) in [6.45, 7) is 4.41. The van der Waals surface area contributed by atoms with Gasteiger partial charge in [0.25, 0.3) is 5.91 Å². The van der Waals surface area contributed by atoms with Gasteiger partial charge in [0.15, 0.2) is 0 Å². The molecule has 0 bridgehead atoms. The van der Waals surface area contributed by atoms with Crippen LogP contribution in [0.15, 0.2) is 43.1 Å². The summed E-state index contributed by atoms with van der Waals surface area (Å²) in [6.07, 6.45) is 7.15. The van der Waals surface area contributed by atoms with Gasteiger partial charge in [-0.25, -0.2) is 23.9 Å². The lowest BCUT2D eigenvalue weighted by molar-refractivity contribution is 0.0937. The quantitative estimate of drug-likeness (QED) is 0.525. The number of carbonyl (C=O) groups is 1. The maximum Gasteiger partial charge on any atom is 0.271 e. The summed E-state index contributed by atoms with van der Waals surface area (Å²) in [5.41, 5.74) is 3.13. The van der Waals surface area contributed by atoms with E-state index >= 15 is 0 Å². The van der Waals surface area contributed by atoms with Crippen molar-refractivity contribution in [1.82, 2.24) is 34.9 Å². The minimum absolute atomic E-state index is 0.00832. The average Bonchev–Trinajstić information content (AvgIpc) is 3.40. The molecule has 31 heavy (non-hydrogen) atoms. The van der Waals surface area contributed by atoms with Gasteiger partial charge in [-0.15, -0.1) is 0 Å². The summed E-state index contributed by atoms with van der Waals surface area (Å²) in [7, 11) is 0. The zero-order chi connectivity index (χ0) is 21.5. The van der Waals surface area contributed by atoms with E-state index in [4.69, 9.17) is 0 Å². The van der Waals surface area contributed by atoms with E-state index in [1.54, 1.807) is 30.9 Å². The molecule has 0 saturated heterocycles. The molecule has 5 heterocycles. The monoisotopic (exact) mass is 420 g/mol. The van der Waals surface area contributed by atoms with Gasteiger partial charge in [0.2, 0.25) is 0 Å². The molecule has 9 nitrogen and oxygen atoms in total. The van der Waals surface area contributed by atoms with E-state index in [1.165, 1.54) is 16.8 Å². The second kappa shape index (κ2) is 7.46. The van der Waals surface area contributed by atoms with Crippen LogP contribution in [0.1, 0.15) is 47.5 Å². The molecule has 4 aromatic heterocycles. The molecule has 1 aliphatic heterocycles. The van der Waals surface area contributed by atoms with Gasteiger partial charge < -0.3 is 15.2 Å². The Balaban J connectivity index is 1.54. The standard InChI is InChI=1S/C21H21FN8O/c1-12(2)27-21(31)16-9-24-18(10-23-16)29-7-5-14-19(26-11-25-14)20(29)15-8-17-13(22)4-3-6-30(17)28-15/h3-4,6,8-12,20H,5,7H2,1-2H3,(H,25,26)(H,27,31)/t20-/m1/s1. The van der Waals surface area contributed by atoms with Crippen molar-refractivity contribution in [2.75, 3.05) is 11.4 Å². The van der Waals surface area contributed by atoms with Crippen LogP contribution in [-0.2, 0) is 6.42 Å². The lowest BCUT2D eigenvalue weighted by Gasteiger charge is -2.34. The molecular formula is C21H21FN8O. The first-order valence-electron chi connectivity index (χ1n) is 10.1. The summed E-state index contributed by atoms with van der Waals surface area (Å²) in [5.74, 6) is -0.0156. The van der Waals surface area contributed by atoms with E-state index in [-0.39, 0.29) is 29.5 Å². The predicted molar refractivity (Wildman–Crippen MR) is 111 cm³/mol. The third-order valence-electron chi connectivity index (χ3n) is 5.26. The van der Waals surface area contributed by atoms with Crippen LogP contribution in [-0.4, -0.2) is 48.0 Å². The first-order valence-corrected chi connectivity index (χ1v) is 10.1. The number of imidazole rings is 1. The molecular weight excluding hydrogens is 399 g/mol. The van der Waals surface area contributed by atoms with E-state index in [0.717, 1.165) is 17.8 Å². The lowest BCUT2D eigenvalue weighted by atomic mass is 10.00. The van der Waals surface area contributed by atoms with Crippen LogP contribution in [0.2, 0.25) is 0 Å². The van der Waals surface area contributed by atoms with Crippen molar-refractivity contribution in [2.45, 2.75) is 32.4 Å². The number of rotatable bonds is 4. The molecule has 1 amide bonds. The number of nitrogens with zero attached hydrogens (tertiary/aromatic N) is 6. The highest BCUT2D eigenvalue weighted by Gasteiger charge is 2.34. The molecule has 0 unspecified atom stereocenters. The van der Waals surface area contributed by atoms with Crippen molar-refractivity contribution in [2.24, 2.45) is 0 Å². The fourth-order valence-electron chi connectivity index (χ4n) is 3.88. The number of hydrogen-bond donors (Lipinski definition) is 2. The van der Waals surface area contributed by atoms with E-state index < -0.39 is 0 Å². The summed E-state index contributed by atoms with van der Waals surface area (Å²) < 4.78 is 15.8. The van der Waals surface area contributed by atoms with Gasteiger partial charge in [0, 0.05) is 30.9 Å². The summed E-state index contributed by atoms with van der Waals surface area (Å²) in [5, 5.41) is 7.40. The normalized spacial score (nSPS) is 16.0. The summed E-state index contributed by atoms with van der Waals surface area (Å²) >= 11 is 0. The summed E-state index contributed by atoms with van der Waals surface area (Å²) in [4.78, 5) is 30.7. The van der Waals surface area contributed by atoms with E-state index in [1.807, 2.05) is 18.7 Å². The largest absolute Gasteiger partial charge is 0.348 e. The highest BCUT2D eigenvalue weighted by molar-refractivity contribution is 5.92. The first kappa shape index (κ1) is 19.2. The van der Waals surface area contributed by atoms with Gasteiger partial charge in [0.1, 0.15) is 28.9 Å². The zero-order valence-corrected chi connectivity index (χ0v) is 17.1. The molecule has 10 heteroatoms. The van der Waals surface area contributed by atoms with Crippen molar-refractivity contribution >= 4 is 17.2 Å². The number of nitrogens with one attached hydrogen (secondary N) is 2. The molecule has 0 radical (unpaired) electrons. The van der Waals surface area contributed by atoms with Crippen LogP contribution in [0.3, 0.4) is 0 Å². The summed E-state index contributed by atoms with van der Waals surface area (Å²) in [6, 6.07) is 4.40. The molecule has 2 N–H and O–H groups in total. The van der Waals surface area contributed by atoms with Crippen molar-refractivity contribution in [1.29, 1.82) is 0 Å². The number of fused-ring (bicyclic) bond motifs is 2. The van der Waals surface area contributed by atoms with Crippen LogP contribution in [0, 0.1) is 5.82 Å². The molecule has 158 valence electrons. The van der Waals surface area contributed by atoms with Gasteiger partial charge in [-0.05, 0) is 32.0 Å². The van der Waals surface area contributed by atoms with Gasteiger partial charge in [-0.1, -0.05) is 0 Å². The zero-order valence-electron chi connectivity index (χ0n) is 17.1. The van der Waals surface area contributed by atoms with E-state index in [0.29, 0.717) is 23.6 Å². The Morgan fingerprint density at radius 1 is 1.29 bits per heavy atom. The maximum atomic E-state index is 14.3. The second-order valence-corrected chi connectivity index (χ2v) is 7.76.